The summed E-state index contributed by atoms with van der Waals surface area (Å²) in [5, 5.41) is 7.41. The van der Waals surface area contributed by atoms with Gasteiger partial charge in [-0.2, -0.15) is 5.10 Å². The molecule has 1 aromatic heterocycles. The summed E-state index contributed by atoms with van der Waals surface area (Å²) in [6.45, 7) is 3.84. The zero-order valence-corrected chi connectivity index (χ0v) is 19.6. The summed E-state index contributed by atoms with van der Waals surface area (Å²) in [5.74, 6) is -0.302. The Bertz CT molecular complexity index is 1540. The summed E-state index contributed by atoms with van der Waals surface area (Å²) in [5.41, 5.74) is 2.80. The second-order valence-electron chi connectivity index (χ2n) is 8.00. The van der Waals surface area contributed by atoms with Gasteiger partial charge in [-0.1, -0.05) is 30.3 Å². The maximum atomic E-state index is 13.0. The number of amides is 1. The van der Waals surface area contributed by atoms with E-state index in [0.29, 0.717) is 27.8 Å². The second kappa shape index (κ2) is 9.48. The van der Waals surface area contributed by atoms with Crippen LogP contribution in [-0.2, 0) is 21.4 Å². The third-order valence-corrected chi connectivity index (χ3v) is 6.87. The molecule has 0 aliphatic rings. The van der Waals surface area contributed by atoms with Gasteiger partial charge in [0.05, 0.1) is 23.2 Å². The largest absolute Gasteiger partial charge is 0.326 e. The summed E-state index contributed by atoms with van der Waals surface area (Å²) in [4.78, 5) is 24.6. The number of para-hydroxylation sites is 1. The molecule has 1 amide bonds. The summed E-state index contributed by atoms with van der Waals surface area (Å²) in [6, 6.07) is 18.9. The van der Waals surface area contributed by atoms with E-state index in [1.165, 1.54) is 12.3 Å². The fourth-order valence-electron chi connectivity index (χ4n) is 3.66. The lowest BCUT2D eigenvalue weighted by Crippen LogP contribution is -2.19. The molecular weight excluding hydrogens is 452 g/mol. The van der Waals surface area contributed by atoms with E-state index >= 15 is 0 Å². The first kappa shape index (κ1) is 23.2. The van der Waals surface area contributed by atoms with E-state index in [1.807, 2.05) is 13.0 Å². The van der Waals surface area contributed by atoms with Gasteiger partial charge in [-0.3, -0.25) is 19.0 Å². The third-order valence-electron chi connectivity index (χ3n) is 5.34. The SMILES string of the molecule is Cc1cccc(NS(=O)(=O)c2cc(NC(=O)CCn3ncc(=O)c4ccccc43)ccc2C)c1. The fourth-order valence-corrected chi connectivity index (χ4v) is 4.98. The Hall–Kier alpha value is -3.98. The predicted molar refractivity (Wildman–Crippen MR) is 132 cm³/mol. The van der Waals surface area contributed by atoms with Crippen molar-refractivity contribution in [2.24, 2.45) is 0 Å². The van der Waals surface area contributed by atoms with E-state index < -0.39 is 10.0 Å². The number of aryl methyl sites for hydroxylation is 3. The van der Waals surface area contributed by atoms with E-state index in [9.17, 15) is 18.0 Å². The number of aromatic nitrogens is 2. The van der Waals surface area contributed by atoms with Crippen LogP contribution in [0.4, 0.5) is 11.4 Å². The van der Waals surface area contributed by atoms with Gasteiger partial charge in [0, 0.05) is 23.2 Å². The average molecular weight is 477 g/mol. The second-order valence-corrected chi connectivity index (χ2v) is 9.65. The van der Waals surface area contributed by atoms with Gasteiger partial charge in [-0.25, -0.2) is 8.42 Å². The van der Waals surface area contributed by atoms with Gasteiger partial charge in [-0.15, -0.1) is 0 Å². The van der Waals surface area contributed by atoms with E-state index in [1.54, 1.807) is 66.2 Å². The predicted octanol–water partition coefficient (Wildman–Crippen LogP) is 3.84. The summed E-state index contributed by atoms with van der Waals surface area (Å²) >= 11 is 0. The lowest BCUT2D eigenvalue weighted by Gasteiger charge is -2.13. The van der Waals surface area contributed by atoms with Crippen LogP contribution >= 0.6 is 0 Å². The Balaban J connectivity index is 1.48. The quantitative estimate of drug-likeness (QED) is 0.421. The fraction of sp³-hybridized carbons (Fsp3) is 0.160. The van der Waals surface area contributed by atoms with Gasteiger partial charge < -0.3 is 5.32 Å². The number of nitrogens with one attached hydrogen (secondary N) is 2. The van der Waals surface area contributed by atoms with E-state index in [4.69, 9.17) is 0 Å². The van der Waals surface area contributed by atoms with Crippen LogP contribution in [0.1, 0.15) is 17.5 Å². The first-order valence-corrected chi connectivity index (χ1v) is 12.2. The van der Waals surface area contributed by atoms with Gasteiger partial charge in [0.2, 0.25) is 11.3 Å². The molecule has 3 aromatic carbocycles. The highest BCUT2D eigenvalue weighted by Gasteiger charge is 2.18. The Morgan fingerprint density at radius 3 is 2.56 bits per heavy atom. The Labute approximate surface area is 197 Å². The van der Waals surface area contributed by atoms with Crippen molar-refractivity contribution in [3.63, 3.8) is 0 Å². The molecule has 34 heavy (non-hydrogen) atoms. The minimum atomic E-state index is -3.85. The molecule has 0 aliphatic heterocycles. The Kier molecular flexibility index (Phi) is 6.47. The number of carbonyl (C=O) groups is 1. The zero-order valence-electron chi connectivity index (χ0n) is 18.8. The average Bonchev–Trinajstić information content (AvgIpc) is 2.80. The topological polar surface area (TPSA) is 110 Å². The number of nitrogens with zero attached hydrogens (tertiary/aromatic N) is 2. The number of fused-ring (bicyclic) bond motifs is 1. The van der Waals surface area contributed by atoms with Crippen LogP contribution in [0.2, 0.25) is 0 Å². The molecule has 4 aromatic rings. The van der Waals surface area contributed by atoms with Crippen molar-refractivity contribution < 1.29 is 13.2 Å². The molecule has 0 fully saturated rings. The number of hydrogen-bond acceptors (Lipinski definition) is 5. The molecule has 0 saturated heterocycles. The molecular formula is C25H24N4O4S. The van der Waals surface area contributed by atoms with Gasteiger partial charge in [-0.05, 0) is 61.4 Å². The summed E-state index contributed by atoms with van der Waals surface area (Å²) in [7, 11) is -3.85. The van der Waals surface area contributed by atoms with Crippen molar-refractivity contribution in [1.29, 1.82) is 0 Å². The monoisotopic (exact) mass is 476 g/mol. The van der Waals surface area contributed by atoms with Crippen molar-refractivity contribution in [2.45, 2.75) is 31.7 Å². The van der Waals surface area contributed by atoms with E-state index in [-0.39, 0.29) is 29.2 Å². The maximum absolute atomic E-state index is 13.0. The zero-order chi connectivity index (χ0) is 24.3. The highest BCUT2D eigenvalue weighted by Crippen LogP contribution is 2.23. The number of anilines is 2. The first-order chi connectivity index (χ1) is 16.2. The molecule has 0 bridgehead atoms. The van der Waals surface area contributed by atoms with Crippen LogP contribution in [0.5, 0.6) is 0 Å². The Morgan fingerprint density at radius 1 is 0.971 bits per heavy atom. The van der Waals surface area contributed by atoms with Crippen molar-refractivity contribution in [3.05, 3.63) is 94.3 Å². The molecule has 0 atom stereocenters. The molecule has 0 saturated carbocycles. The van der Waals surface area contributed by atoms with Crippen LogP contribution in [0, 0.1) is 13.8 Å². The molecule has 8 nitrogen and oxygen atoms in total. The van der Waals surface area contributed by atoms with Gasteiger partial charge in [0.25, 0.3) is 10.0 Å². The minimum absolute atomic E-state index is 0.0832. The molecule has 0 spiro atoms. The summed E-state index contributed by atoms with van der Waals surface area (Å²) < 4.78 is 30.1. The first-order valence-electron chi connectivity index (χ1n) is 10.7. The molecule has 0 radical (unpaired) electrons. The van der Waals surface area contributed by atoms with Gasteiger partial charge in [0.1, 0.15) is 0 Å². The van der Waals surface area contributed by atoms with E-state index in [0.717, 1.165) is 5.56 Å². The lowest BCUT2D eigenvalue weighted by atomic mass is 10.2. The minimum Gasteiger partial charge on any atom is -0.326 e. The summed E-state index contributed by atoms with van der Waals surface area (Å²) in [6.07, 6.45) is 1.33. The number of carbonyl (C=O) groups excluding carboxylic acids is 1. The van der Waals surface area contributed by atoms with Crippen molar-refractivity contribution in [3.8, 4) is 0 Å². The van der Waals surface area contributed by atoms with Crippen LogP contribution < -0.4 is 15.5 Å². The number of sulfonamides is 1. The number of hydrogen-bond donors (Lipinski definition) is 2. The van der Waals surface area contributed by atoms with Crippen LogP contribution in [0.25, 0.3) is 10.9 Å². The molecule has 1 heterocycles. The highest BCUT2D eigenvalue weighted by molar-refractivity contribution is 7.92. The van der Waals surface area contributed by atoms with Crippen molar-refractivity contribution in [1.82, 2.24) is 9.78 Å². The van der Waals surface area contributed by atoms with Crippen molar-refractivity contribution in [2.75, 3.05) is 10.0 Å². The highest BCUT2D eigenvalue weighted by atomic mass is 32.2. The molecule has 9 heteroatoms. The number of benzene rings is 3. The molecule has 4 rings (SSSR count). The van der Waals surface area contributed by atoms with Crippen LogP contribution in [0.3, 0.4) is 0 Å². The Morgan fingerprint density at radius 2 is 1.76 bits per heavy atom. The third kappa shape index (κ3) is 5.15. The maximum Gasteiger partial charge on any atom is 0.262 e. The van der Waals surface area contributed by atoms with Gasteiger partial charge >= 0.3 is 0 Å². The smallest absolute Gasteiger partial charge is 0.262 e. The normalized spacial score (nSPS) is 11.4. The van der Waals surface area contributed by atoms with Gasteiger partial charge in [0.15, 0.2) is 0 Å². The molecule has 2 N–H and O–H groups in total. The lowest BCUT2D eigenvalue weighted by molar-refractivity contribution is -0.116. The molecule has 0 aliphatic carbocycles. The molecule has 174 valence electrons. The number of rotatable bonds is 7. The van der Waals surface area contributed by atoms with Crippen LogP contribution in [0.15, 0.2) is 82.6 Å². The van der Waals surface area contributed by atoms with Crippen molar-refractivity contribution >= 4 is 38.2 Å². The van der Waals surface area contributed by atoms with E-state index in [2.05, 4.69) is 15.1 Å². The van der Waals surface area contributed by atoms with Crippen LogP contribution in [-0.4, -0.2) is 24.1 Å². The molecule has 0 unspecified atom stereocenters. The standard InChI is InChI=1S/C25H24N4O4S/c1-17-6-5-7-20(14-17)28-34(32,33)24-15-19(11-10-18(24)2)27-25(31)12-13-29-22-9-4-3-8-21(22)23(30)16-26-29/h3-11,14-16,28H,12-13H2,1-2H3,(H,27,31).